The summed E-state index contributed by atoms with van der Waals surface area (Å²) in [6.45, 7) is 1.84. The minimum absolute atomic E-state index is 0.108. The van der Waals surface area contributed by atoms with Gasteiger partial charge in [-0.1, -0.05) is 35.5 Å². The lowest BCUT2D eigenvalue weighted by Crippen LogP contribution is -2.13. The molecule has 0 aliphatic rings. The van der Waals surface area contributed by atoms with Gasteiger partial charge in [-0.15, -0.1) is 0 Å². The molecule has 0 aliphatic carbocycles. The Morgan fingerprint density at radius 2 is 1.87 bits per heavy atom. The summed E-state index contributed by atoms with van der Waals surface area (Å²) in [5, 5.41) is 6.53. The van der Waals surface area contributed by atoms with Gasteiger partial charge in [0, 0.05) is 5.69 Å². The van der Waals surface area contributed by atoms with Crippen molar-refractivity contribution in [1.29, 1.82) is 0 Å². The highest BCUT2D eigenvalue weighted by molar-refractivity contribution is 6.06. The minimum atomic E-state index is -0.242. The van der Waals surface area contributed by atoms with Gasteiger partial charge < -0.3 is 14.6 Å². The third-order valence-electron chi connectivity index (χ3n) is 3.08. The quantitative estimate of drug-likeness (QED) is 0.783. The van der Waals surface area contributed by atoms with Crippen molar-refractivity contribution in [3.8, 4) is 5.75 Å². The molecule has 0 aliphatic heterocycles. The van der Waals surface area contributed by atoms with Gasteiger partial charge in [-0.05, 0) is 31.2 Å². The second-order valence-corrected chi connectivity index (χ2v) is 4.84. The maximum atomic E-state index is 12.4. The van der Waals surface area contributed by atoms with Crippen LogP contribution in [-0.4, -0.2) is 16.0 Å². The normalized spacial score (nSPS) is 10.3. The number of anilines is 1. The lowest BCUT2D eigenvalue weighted by molar-refractivity contribution is 0.102. The van der Waals surface area contributed by atoms with Crippen LogP contribution in [0.2, 0.25) is 0 Å². The molecule has 0 fully saturated rings. The molecule has 23 heavy (non-hydrogen) atoms. The van der Waals surface area contributed by atoms with Crippen molar-refractivity contribution < 1.29 is 14.1 Å². The van der Waals surface area contributed by atoms with Crippen LogP contribution >= 0.6 is 0 Å². The van der Waals surface area contributed by atoms with E-state index in [9.17, 15) is 4.79 Å². The third-order valence-corrected chi connectivity index (χ3v) is 3.08. The van der Waals surface area contributed by atoms with Crippen LogP contribution in [0.15, 0.2) is 59.1 Å². The van der Waals surface area contributed by atoms with E-state index >= 15 is 0 Å². The van der Waals surface area contributed by atoms with Crippen molar-refractivity contribution in [2.45, 2.75) is 13.5 Å². The lowest BCUT2D eigenvalue weighted by atomic mass is 10.2. The Morgan fingerprint density at radius 1 is 1.13 bits per heavy atom. The number of rotatable bonds is 5. The van der Waals surface area contributed by atoms with E-state index < -0.39 is 0 Å². The summed E-state index contributed by atoms with van der Waals surface area (Å²) < 4.78 is 10.6. The highest BCUT2D eigenvalue weighted by Gasteiger charge is 2.13. The molecule has 0 spiro atoms. The van der Waals surface area contributed by atoms with Gasteiger partial charge in [-0.25, -0.2) is 0 Å². The Labute approximate surface area is 133 Å². The number of para-hydroxylation sites is 2. The van der Waals surface area contributed by atoms with E-state index in [1.807, 2.05) is 30.3 Å². The maximum Gasteiger partial charge on any atom is 0.264 e. The number of ether oxygens (including phenoxy) is 1. The molecule has 6 nitrogen and oxygen atoms in total. The molecule has 116 valence electrons. The van der Waals surface area contributed by atoms with Crippen LogP contribution in [0.1, 0.15) is 22.1 Å². The van der Waals surface area contributed by atoms with Crippen molar-refractivity contribution in [3.05, 3.63) is 71.9 Å². The van der Waals surface area contributed by atoms with Gasteiger partial charge >= 0.3 is 0 Å². The average molecular weight is 309 g/mol. The van der Waals surface area contributed by atoms with Crippen LogP contribution in [0.3, 0.4) is 0 Å². The number of nitrogens with zero attached hydrogens (tertiary/aromatic N) is 2. The second-order valence-electron chi connectivity index (χ2n) is 4.84. The Balaban J connectivity index is 1.73. The van der Waals surface area contributed by atoms with Gasteiger partial charge in [-0.3, -0.25) is 4.79 Å². The SMILES string of the molecule is Cc1noc(COc2ccccc2C(=O)Nc2ccccc2)n1. The van der Waals surface area contributed by atoms with Crippen LogP contribution in [-0.2, 0) is 6.61 Å². The first-order chi connectivity index (χ1) is 11.2. The molecule has 3 aromatic rings. The van der Waals surface area contributed by atoms with Crippen LogP contribution < -0.4 is 10.1 Å². The van der Waals surface area contributed by atoms with E-state index in [1.165, 1.54) is 0 Å². The summed E-state index contributed by atoms with van der Waals surface area (Å²) in [4.78, 5) is 16.5. The zero-order chi connectivity index (χ0) is 16.1. The molecule has 1 N–H and O–H groups in total. The number of hydrogen-bond acceptors (Lipinski definition) is 5. The maximum absolute atomic E-state index is 12.4. The monoisotopic (exact) mass is 309 g/mol. The number of carbonyl (C=O) groups is 1. The standard InChI is InChI=1S/C17H15N3O3/c1-12-18-16(23-20-12)11-22-15-10-6-5-9-14(15)17(21)19-13-7-3-2-4-8-13/h2-10H,11H2,1H3,(H,19,21). The van der Waals surface area contributed by atoms with Crippen molar-refractivity contribution in [3.63, 3.8) is 0 Å². The predicted molar refractivity (Wildman–Crippen MR) is 84.2 cm³/mol. The largest absolute Gasteiger partial charge is 0.483 e. The smallest absolute Gasteiger partial charge is 0.264 e. The highest BCUT2D eigenvalue weighted by Crippen LogP contribution is 2.20. The fourth-order valence-electron chi connectivity index (χ4n) is 2.04. The van der Waals surface area contributed by atoms with E-state index in [-0.39, 0.29) is 12.5 Å². The summed E-state index contributed by atoms with van der Waals surface area (Å²) in [5.41, 5.74) is 1.16. The Morgan fingerprint density at radius 3 is 2.61 bits per heavy atom. The number of hydrogen-bond donors (Lipinski definition) is 1. The van der Waals surface area contributed by atoms with Crippen molar-refractivity contribution in [2.75, 3.05) is 5.32 Å². The zero-order valence-corrected chi connectivity index (χ0v) is 12.5. The van der Waals surface area contributed by atoms with Gasteiger partial charge in [0.15, 0.2) is 12.4 Å². The Kier molecular flexibility index (Phi) is 4.33. The third kappa shape index (κ3) is 3.74. The van der Waals surface area contributed by atoms with Gasteiger partial charge in [0.05, 0.1) is 5.56 Å². The molecule has 0 bridgehead atoms. The number of aromatic nitrogens is 2. The molecule has 0 saturated carbocycles. The van der Waals surface area contributed by atoms with Gasteiger partial charge in [0.1, 0.15) is 5.75 Å². The highest BCUT2D eigenvalue weighted by atomic mass is 16.5. The molecule has 0 radical (unpaired) electrons. The first kappa shape index (κ1) is 14.8. The van der Waals surface area contributed by atoms with Crippen LogP contribution in [0.5, 0.6) is 5.75 Å². The molecule has 6 heteroatoms. The van der Waals surface area contributed by atoms with Crippen LogP contribution in [0.25, 0.3) is 0 Å². The lowest BCUT2D eigenvalue weighted by Gasteiger charge is -2.10. The number of amides is 1. The molecule has 1 amide bonds. The molecule has 1 aromatic heterocycles. The first-order valence-electron chi connectivity index (χ1n) is 7.10. The fraction of sp³-hybridized carbons (Fsp3) is 0.118. The minimum Gasteiger partial charge on any atom is -0.483 e. The molecule has 0 saturated heterocycles. The van der Waals surface area contributed by atoms with Crippen molar-refractivity contribution in [1.82, 2.24) is 10.1 Å². The predicted octanol–water partition coefficient (Wildman–Crippen LogP) is 3.21. The molecular weight excluding hydrogens is 294 g/mol. The molecule has 2 aromatic carbocycles. The fourth-order valence-corrected chi connectivity index (χ4v) is 2.04. The Hall–Kier alpha value is -3.15. The summed E-state index contributed by atoms with van der Waals surface area (Å²) >= 11 is 0. The van der Waals surface area contributed by atoms with Crippen molar-refractivity contribution >= 4 is 11.6 Å². The first-order valence-corrected chi connectivity index (χ1v) is 7.10. The summed E-state index contributed by atoms with van der Waals surface area (Å²) in [6, 6.07) is 16.3. The van der Waals surface area contributed by atoms with E-state index in [2.05, 4.69) is 15.5 Å². The zero-order valence-electron chi connectivity index (χ0n) is 12.5. The number of aryl methyl sites for hydroxylation is 1. The molecular formula is C17H15N3O3. The van der Waals surface area contributed by atoms with Gasteiger partial charge in [-0.2, -0.15) is 4.98 Å². The van der Waals surface area contributed by atoms with Crippen LogP contribution in [0.4, 0.5) is 5.69 Å². The van der Waals surface area contributed by atoms with E-state index in [1.54, 1.807) is 31.2 Å². The topological polar surface area (TPSA) is 77.2 Å². The number of benzene rings is 2. The van der Waals surface area contributed by atoms with E-state index in [0.717, 1.165) is 5.69 Å². The summed E-state index contributed by atoms with van der Waals surface area (Å²) in [6.07, 6.45) is 0. The Bertz CT molecular complexity index is 800. The summed E-state index contributed by atoms with van der Waals surface area (Å²) in [5.74, 6) is 1.12. The second kappa shape index (κ2) is 6.74. The van der Waals surface area contributed by atoms with Gasteiger partial charge in [0.2, 0.25) is 0 Å². The summed E-state index contributed by atoms with van der Waals surface area (Å²) in [7, 11) is 0. The average Bonchev–Trinajstić information content (AvgIpc) is 2.99. The van der Waals surface area contributed by atoms with E-state index in [0.29, 0.717) is 23.0 Å². The van der Waals surface area contributed by atoms with Crippen molar-refractivity contribution in [2.24, 2.45) is 0 Å². The molecule has 0 unspecified atom stereocenters. The molecule has 3 rings (SSSR count). The number of carbonyl (C=O) groups excluding carboxylic acids is 1. The van der Waals surface area contributed by atoms with E-state index in [4.69, 9.17) is 9.26 Å². The molecule has 1 heterocycles. The number of nitrogens with one attached hydrogen (secondary N) is 1. The van der Waals surface area contributed by atoms with Gasteiger partial charge in [0.25, 0.3) is 11.8 Å². The van der Waals surface area contributed by atoms with Crippen LogP contribution in [0, 0.1) is 6.92 Å². The molecule has 0 atom stereocenters.